The number of nitrogens with zero attached hydrogens (tertiary/aromatic N) is 1. The third-order valence-electron chi connectivity index (χ3n) is 3.59. The molecule has 1 aliphatic heterocycles. The fourth-order valence-electron chi connectivity index (χ4n) is 2.48. The number of benzene rings is 1. The molecule has 1 heterocycles. The molecule has 1 aromatic rings. The number of anilines is 1. The molecule has 0 unspecified atom stereocenters. The molecule has 2 amide bonds. The summed E-state index contributed by atoms with van der Waals surface area (Å²) < 4.78 is 0. The number of hydrogen-bond donors (Lipinski definition) is 2. The van der Waals surface area contributed by atoms with Crippen LogP contribution in [0, 0.1) is 0 Å². The Morgan fingerprint density at radius 3 is 2.38 bits per heavy atom. The lowest BCUT2D eigenvalue weighted by molar-refractivity contribution is -0.131. The Labute approximate surface area is 125 Å². The topological polar surface area (TPSA) is 61.4 Å². The summed E-state index contributed by atoms with van der Waals surface area (Å²) >= 11 is 0. The Balaban J connectivity index is 1.72. The summed E-state index contributed by atoms with van der Waals surface area (Å²) in [4.78, 5) is 24.9. The van der Waals surface area contributed by atoms with Crippen LogP contribution < -0.4 is 10.6 Å². The molecule has 2 rings (SSSR count). The molecule has 0 saturated carbocycles. The molecule has 0 spiro atoms. The third kappa shape index (κ3) is 5.19. The van der Waals surface area contributed by atoms with E-state index in [-0.39, 0.29) is 11.8 Å². The van der Waals surface area contributed by atoms with Gasteiger partial charge in [0.25, 0.3) is 0 Å². The standard InChI is InChI=1S/C16H23N3O2/c1-13(20)18-15-7-5-14(6-8-15)11-17-12-16(21)19-9-3-2-4-10-19/h5-8,17H,2-4,9-12H2,1H3,(H,18,20). The van der Waals surface area contributed by atoms with Crippen molar-refractivity contribution in [3.05, 3.63) is 29.8 Å². The molecule has 114 valence electrons. The van der Waals surface area contributed by atoms with Gasteiger partial charge in [-0.15, -0.1) is 0 Å². The first-order valence-corrected chi connectivity index (χ1v) is 7.50. The van der Waals surface area contributed by atoms with Gasteiger partial charge in [-0.1, -0.05) is 12.1 Å². The fraction of sp³-hybridized carbons (Fsp3) is 0.500. The van der Waals surface area contributed by atoms with E-state index in [9.17, 15) is 9.59 Å². The first-order chi connectivity index (χ1) is 10.1. The molecule has 0 radical (unpaired) electrons. The van der Waals surface area contributed by atoms with Crippen LogP contribution in [0.15, 0.2) is 24.3 Å². The highest BCUT2D eigenvalue weighted by Gasteiger charge is 2.15. The lowest BCUT2D eigenvalue weighted by Crippen LogP contribution is -2.40. The predicted octanol–water partition coefficient (Wildman–Crippen LogP) is 1.75. The van der Waals surface area contributed by atoms with Gasteiger partial charge in [0.05, 0.1) is 6.54 Å². The van der Waals surface area contributed by atoms with Crippen LogP contribution in [-0.2, 0) is 16.1 Å². The van der Waals surface area contributed by atoms with Crippen molar-refractivity contribution in [2.75, 3.05) is 25.0 Å². The summed E-state index contributed by atoms with van der Waals surface area (Å²) in [5.41, 5.74) is 1.88. The van der Waals surface area contributed by atoms with Crippen LogP contribution in [-0.4, -0.2) is 36.3 Å². The third-order valence-corrected chi connectivity index (χ3v) is 3.59. The van der Waals surface area contributed by atoms with Crippen LogP contribution in [0.1, 0.15) is 31.7 Å². The van der Waals surface area contributed by atoms with Crippen molar-refractivity contribution in [2.24, 2.45) is 0 Å². The van der Waals surface area contributed by atoms with Gasteiger partial charge in [0.1, 0.15) is 0 Å². The molecule has 1 aliphatic rings. The van der Waals surface area contributed by atoms with Crippen molar-refractivity contribution >= 4 is 17.5 Å². The molecular weight excluding hydrogens is 266 g/mol. The SMILES string of the molecule is CC(=O)Nc1ccc(CNCC(=O)N2CCCCC2)cc1. The number of piperidine rings is 1. The first kappa shape index (κ1) is 15.5. The second-order valence-corrected chi connectivity index (χ2v) is 5.42. The van der Waals surface area contributed by atoms with Gasteiger partial charge in [-0.3, -0.25) is 9.59 Å². The molecule has 5 heteroatoms. The highest BCUT2D eigenvalue weighted by atomic mass is 16.2. The second-order valence-electron chi connectivity index (χ2n) is 5.42. The maximum Gasteiger partial charge on any atom is 0.236 e. The van der Waals surface area contributed by atoms with Crippen LogP contribution in [0.2, 0.25) is 0 Å². The quantitative estimate of drug-likeness (QED) is 0.868. The lowest BCUT2D eigenvalue weighted by Gasteiger charge is -2.26. The zero-order valence-corrected chi connectivity index (χ0v) is 12.5. The largest absolute Gasteiger partial charge is 0.342 e. The van der Waals surface area contributed by atoms with Crippen molar-refractivity contribution in [1.29, 1.82) is 0 Å². The molecule has 1 saturated heterocycles. The van der Waals surface area contributed by atoms with Crippen LogP contribution in [0.5, 0.6) is 0 Å². The Morgan fingerprint density at radius 2 is 1.76 bits per heavy atom. The molecule has 1 fully saturated rings. The summed E-state index contributed by atoms with van der Waals surface area (Å²) in [7, 11) is 0. The zero-order valence-electron chi connectivity index (χ0n) is 12.5. The molecular formula is C16H23N3O2. The Morgan fingerprint density at radius 1 is 1.10 bits per heavy atom. The van der Waals surface area contributed by atoms with Gasteiger partial charge in [0, 0.05) is 32.2 Å². The van der Waals surface area contributed by atoms with Gasteiger partial charge in [-0.2, -0.15) is 0 Å². The number of carbonyl (C=O) groups is 2. The van der Waals surface area contributed by atoms with Gasteiger partial charge < -0.3 is 15.5 Å². The number of likely N-dealkylation sites (tertiary alicyclic amines) is 1. The average Bonchev–Trinajstić information content (AvgIpc) is 2.49. The van der Waals surface area contributed by atoms with Gasteiger partial charge in [0.15, 0.2) is 0 Å². The van der Waals surface area contributed by atoms with Gasteiger partial charge in [-0.25, -0.2) is 0 Å². The summed E-state index contributed by atoms with van der Waals surface area (Å²) in [5.74, 6) is 0.109. The Kier molecular flexibility index (Phi) is 5.75. The maximum absolute atomic E-state index is 12.0. The maximum atomic E-state index is 12.0. The van der Waals surface area contributed by atoms with Gasteiger partial charge in [0.2, 0.25) is 11.8 Å². The minimum atomic E-state index is -0.0759. The molecule has 0 bridgehead atoms. The summed E-state index contributed by atoms with van der Waals surface area (Å²) in [5, 5.41) is 5.91. The van der Waals surface area contributed by atoms with E-state index in [1.165, 1.54) is 13.3 Å². The molecule has 0 aromatic heterocycles. The smallest absolute Gasteiger partial charge is 0.236 e. The summed E-state index contributed by atoms with van der Waals surface area (Å²) in [6.07, 6.45) is 3.48. The Bertz CT molecular complexity index is 479. The van der Waals surface area contributed by atoms with E-state index in [4.69, 9.17) is 0 Å². The van der Waals surface area contributed by atoms with E-state index in [1.807, 2.05) is 29.2 Å². The molecule has 1 aromatic carbocycles. The van der Waals surface area contributed by atoms with Gasteiger partial charge in [-0.05, 0) is 37.0 Å². The van der Waals surface area contributed by atoms with Crippen molar-refractivity contribution in [1.82, 2.24) is 10.2 Å². The van der Waals surface area contributed by atoms with E-state index >= 15 is 0 Å². The predicted molar refractivity (Wildman–Crippen MR) is 82.9 cm³/mol. The highest BCUT2D eigenvalue weighted by Crippen LogP contribution is 2.10. The number of carbonyl (C=O) groups excluding carboxylic acids is 2. The van der Waals surface area contributed by atoms with Crippen molar-refractivity contribution in [3.63, 3.8) is 0 Å². The molecule has 2 N–H and O–H groups in total. The normalized spacial score (nSPS) is 14.8. The van der Waals surface area contributed by atoms with E-state index in [0.717, 1.165) is 37.2 Å². The zero-order chi connectivity index (χ0) is 15.1. The van der Waals surface area contributed by atoms with Crippen LogP contribution in [0.3, 0.4) is 0 Å². The van der Waals surface area contributed by atoms with Crippen molar-refractivity contribution < 1.29 is 9.59 Å². The van der Waals surface area contributed by atoms with Crippen LogP contribution in [0.4, 0.5) is 5.69 Å². The van der Waals surface area contributed by atoms with Crippen LogP contribution in [0.25, 0.3) is 0 Å². The van der Waals surface area contributed by atoms with E-state index < -0.39 is 0 Å². The minimum Gasteiger partial charge on any atom is -0.342 e. The van der Waals surface area contributed by atoms with E-state index in [0.29, 0.717) is 13.1 Å². The molecule has 5 nitrogen and oxygen atoms in total. The minimum absolute atomic E-state index is 0.0759. The number of amides is 2. The Hall–Kier alpha value is -1.88. The highest BCUT2D eigenvalue weighted by molar-refractivity contribution is 5.88. The van der Waals surface area contributed by atoms with E-state index in [2.05, 4.69) is 10.6 Å². The second kappa shape index (κ2) is 7.78. The molecule has 21 heavy (non-hydrogen) atoms. The lowest BCUT2D eigenvalue weighted by atomic mass is 10.1. The average molecular weight is 289 g/mol. The summed E-state index contributed by atoms with van der Waals surface area (Å²) in [6.45, 7) is 4.31. The van der Waals surface area contributed by atoms with Crippen molar-refractivity contribution in [2.45, 2.75) is 32.7 Å². The van der Waals surface area contributed by atoms with Crippen molar-refractivity contribution in [3.8, 4) is 0 Å². The fourth-order valence-corrected chi connectivity index (χ4v) is 2.48. The number of rotatable bonds is 5. The van der Waals surface area contributed by atoms with Crippen LogP contribution >= 0.6 is 0 Å². The van der Waals surface area contributed by atoms with Gasteiger partial charge >= 0.3 is 0 Å². The number of hydrogen-bond acceptors (Lipinski definition) is 3. The summed E-state index contributed by atoms with van der Waals surface area (Å²) in [6, 6.07) is 7.63. The molecule has 0 atom stereocenters. The molecule has 0 aliphatic carbocycles. The number of nitrogens with one attached hydrogen (secondary N) is 2. The first-order valence-electron chi connectivity index (χ1n) is 7.50. The van der Waals surface area contributed by atoms with E-state index in [1.54, 1.807) is 0 Å². The monoisotopic (exact) mass is 289 g/mol.